The number of aromatic nitrogens is 2. The number of hydrogen-bond donors (Lipinski definition) is 2. The first-order valence-electron chi connectivity index (χ1n) is 5.04. The van der Waals surface area contributed by atoms with Gasteiger partial charge in [0.1, 0.15) is 5.82 Å². The SMILES string of the molecule is Cc1cc(-c2ccc(N)c(N)n2)cc(C)n1. The molecule has 0 fully saturated rings. The molecule has 0 saturated carbocycles. The topological polar surface area (TPSA) is 77.8 Å². The lowest BCUT2D eigenvalue weighted by Crippen LogP contribution is -1.99. The highest BCUT2D eigenvalue weighted by Gasteiger charge is 2.04. The van der Waals surface area contributed by atoms with Crippen molar-refractivity contribution in [1.82, 2.24) is 9.97 Å². The van der Waals surface area contributed by atoms with Crippen LogP contribution >= 0.6 is 0 Å². The number of nitrogen functional groups attached to an aromatic ring is 2. The normalized spacial score (nSPS) is 10.4. The van der Waals surface area contributed by atoms with E-state index in [4.69, 9.17) is 11.5 Å². The molecule has 2 aromatic heterocycles. The van der Waals surface area contributed by atoms with Crippen LogP contribution in [0.25, 0.3) is 11.3 Å². The first-order chi connectivity index (χ1) is 7.56. The molecule has 0 aliphatic heterocycles. The molecule has 16 heavy (non-hydrogen) atoms. The monoisotopic (exact) mass is 214 g/mol. The van der Waals surface area contributed by atoms with Crippen molar-refractivity contribution in [2.24, 2.45) is 0 Å². The van der Waals surface area contributed by atoms with Crippen molar-refractivity contribution in [3.05, 3.63) is 35.7 Å². The Morgan fingerprint density at radius 1 is 0.938 bits per heavy atom. The molecule has 4 heteroatoms. The smallest absolute Gasteiger partial charge is 0.147 e. The highest BCUT2D eigenvalue weighted by molar-refractivity contribution is 5.67. The van der Waals surface area contributed by atoms with Crippen LogP contribution in [-0.2, 0) is 0 Å². The van der Waals surface area contributed by atoms with Gasteiger partial charge < -0.3 is 11.5 Å². The maximum Gasteiger partial charge on any atom is 0.147 e. The van der Waals surface area contributed by atoms with Gasteiger partial charge in [0.15, 0.2) is 0 Å². The standard InChI is InChI=1S/C12H14N4/c1-7-5-9(6-8(2)15-7)11-4-3-10(13)12(14)16-11/h3-6H,13H2,1-2H3,(H2,14,16). The molecule has 82 valence electrons. The van der Waals surface area contributed by atoms with Gasteiger partial charge in [-0.3, -0.25) is 4.98 Å². The van der Waals surface area contributed by atoms with Gasteiger partial charge in [0.05, 0.1) is 11.4 Å². The lowest BCUT2D eigenvalue weighted by atomic mass is 10.1. The van der Waals surface area contributed by atoms with Crippen molar-refractivity contribution in [3.63, 3.8) is 0 Å². The molecule has 0 radical (unpaired) electrons. The maximum absolute atomic E-state index is 5.68. The Morgan fingerprint density at radius 3 is 2.12 bits per heavy atom. The van der Waals surface area contributed by atoms with E-state index in [0.717, 1.165) is 22.6 Å². The lowest BCUT2D eigenvalue weighted by Gasteiger charge is -2.06. The Morgan fingerprint density at radius 2 is 1.56 bits per heavy atom. The summed E-state index contributed by atoms with van der Waals surface area (Å²) in [6.45, 7) is 3.91. The highest BCUT2D eigenvalue weighted by atomic mass is 14.9. The Hall–Kier alpha value is -2.10. The third-order valence-electron chi connectivity index (χ3n) is 2.33. The zero-order chi connectivity index (χ0) is 11.7. The second-order valence-electron chi connectivity index (χ2n) is 3.81. The molecule has 0 aliphatic rings. The van der Waals surface area contributed by atoms with E-state index >= 15 is 0 Å². The largest absolute Gasteiger partial charge is 0.396 e. The van der Waals surface area contributed by atoms with Crippen LogP contribution in [0.4, 0.5) is 11.5 Å². The summed E-state index contributed by atoms with van der Waals surface area (Å²) in [6, 6.07) is 7.58. The Balaban J connectivity index is 2.54. The first kappa shape index (κ1) is 10.4. The van der Waals surface area contributed by atoms with Crippen molar-refractivity contribution < 1.29 is 0 Å². The molecule has 0 atom stereocenters. The van der Waals surface area contributed by atoms with Crippen molar-refractivity contribution in [2.45, 2.75) is 13.8 Å². The molecule has 0 amide bonds. The van der Waals surface area contributed by atoms with Crippen molar-refractivity contribution in [2.75, 3.05) is 11.5 Å². The van der Waals surface area contributed by atoms with Crippen LogP contribution in [0.1, 0.15) is 11.4 Å². The second-order valence-corrected chi connectivity index (χ2v) is 3.81. The van der Waals surface area contributed by atoms with E-state index in [1.807, 2.05) is 32.0 Å². The summed E-state index contributed by atoms with van der Waals surface area (Å²) in [7, 11) is 0. The first-order valence-corrected chi connectivity index (χ1v) is 5.04. The predicted octanol–water partition coefficient (Wildman–Crippen LogP) is 1.92. The molecule has 0 bridgehead atoms. The van der Waals surface area contributed by atoms with E-state index in [2.05, 4.69) is 9.97 Å². The second kappa shape index (κ2) is 3.81. The molecule has 2 heterocycles. The average molecular weight is 214 g/mol. The van der Waals surface area contributed by atoms with Crippen molar-refractivity contribution in [3.8, 4) is 11.3 Å². The van der Waals surface area contributed by atoms with Crippen molar-refractivity contribution in [1.29, 1.82) is 0 Å². The van der Waals surface area contributed by atoms with Crippen LogP contribution in [0.2, 0.25) is 0 Å². The van der Waals surface area contributed by atoms with Crippen LogP contribution in [0, 0.1) is 13.8 Å². The summed E-state index contributed by atoms with van der Waals surface area (Å²) in [5.74, 6) is 0.365. The number of rotatable bonds is 1. The summed E-state index contributed by atoms with van der Waals surface area (Å²) in [5, 5.41) is 0. The number of nitrogens with two attached hydrogens (primary N) is 2. The minimum Gasteiger partial charge on any atom is -0.396 e. The molecular formula is C12H14N4. The molecule has 0 spiro atoms. The molecule has 4 nitrogen and oxygen atoms in total. The number of pyridine rings is 2. The van der Waals surface area contributed by atoms with Gasteiger partial charge in [-0.2, -0.15) is 0 Å². The molecule has 2 aromatic rings. The minimum atomic E-state index is 0.365. The summed E-state index contributed by atoms with van der Waals surface area (Å²) in [4.78, 5) is 8.57. The molecule has 0 aromatic carbocycles. The number of aryl methyl sites for hydroxylation is 2. The number of anilines is 2. The molecule has 2 rings (SSSR count). The average Bonchev–Trinajstić information content (AvgIpc) is 2.20. The molecule has 0 saturated heterocycles. The lowest BCUT2D eigenvalue weighted by molar-refractivity contribution is 1.12. The van der Waals surface area contributed by atoms with Crippen LogP contribution in [-0.4, -0.2) is 9.97 Å². The summed E-state index contributed by atoms with van der Waals surface area (Å²) < 4.78 is 0. The highest BCUT2D eigenvalue weighted by Crippen LogP contribution is 2.22. The zero-order valence-corrected chi connectivity index (χ0v) is 9.36. The summed E-state index contributed by atoms with van der Waals surface area (Å²) in [6.07, 6.45) is 0. The van der Waals surface area contributed by atoms with Gasteiger partial charge in [-0.1, -0.05) is 0 Å². The van der Waals surface area contributed by atoms with Gasteiger partial charge in [-0.25, -0.2) is 4.98 Å². The summed E-state index contributed by atoms with van der Waals surface area (Å²) >= 11 is 0. The quantitative estimate of drug-likeness (QED) is 0.760. The molecule has 0 aliphatic carbocycles. The van der Waals surface area contributed by atoms with Gasteiger partial charge in [0.25, 0.3) is 0 Å². The van der Waals surface area contributed by atoms with Gasteiger partial charge in [-0.15, -0.1) is 0 Å². The van der Waals surface area contributed by atoms with E-state index in [1.54, 1.807) is 6.07 Å². The Labute approximate surface area is 94.3 Å². The minimum absolute atomic E-state index is 0.365. The molecule has 0 unspecified atom stereocenters. The van der Waals surface area contributed by atoms with E-state index < -0.39 is 0 Å². The van der Waals surface area contributed by atoms with E-state index in [1.165, 1.54) is 0 Å². The van der Waals surface area contributed by atoms with Gasteiger partial charge >= 0.3 is 0 Å². The van der Waals surface area contributed by atoms with Crippen LogP contribution in [0.15, 0.2) is 24.3 Å². The summed E-state index contributed by atoms with van der Waals surface area (Å²) in [5.41, 5.74) is 15.6. The fourth-order valence-corrected chi connectivity index (χ4v) is 1.63. The van der Waals surface area contributed by atoms with Gasteiger partial charge in [0.2, 0.25) is 0 Å². The Kier molecular flexibility index (Phi) is 2.48. The van der Waals surface area contributed by atoms with Gasteiger partial charge in [0, 0.05) is 17.0 Å². The third-order valence-corrected chi connectivity index (χ3v) is 2.33. The van der Waals surface area contributed by atoms with Gasteiger partial charge in [-0.05, 0) is 38.1 Å². The van der Waals surface area contributed by atoms with Crippen LogP contribution < -0.4 is 11.5 Å². The fraction of sp³-hybridized carbons (Fsp3) is 0.167. The predicted molar refractivity (Wildman–Crippen MR) is 65.8 cm³/mol. The molecular weight excluding hydrogens is 200 g/mol. The van der Waals surface area contributed by atoms with E-state index in [9.17, 15) is 0 Å². The fourth-order valence-electron chi connectivity index (χ4n) is 1.63. The Bertz CT molecular complexity index is 514. The molecule has 4 N–H and O–H groups in total. The third kappa shape index (κ3) is 1.95. The maximum atomic E-state index is 5.68. The zero-order valence-electron chi connectivity index (χ0n) is 9.36. The number of nitrogens with zero attached hydrogens (tertiary/aromatic N) is 2. The number of hydrogen-bond acceptors (Lipinski definition) is 4. The van der Waals surface area contributed by atoms with E-state index in [0.29, 0.717) is 11.5 Å². The van der Waals surface area contributed by atoms with Crippen LogP contribution in [0.5, 0.6) is 0 Å². The van der Waals surface area contributed by atoms with Crippen LogP contribution in [0.3, 0.4) is 0 Å². The van der Waals surface area contributed by atoms with Crippen molar-refractivity contribution >= 4 is 11.5 Å². The van der Waals surface area contributed by atoms with E-state index in [-0.39, 0.29) is 0 Å².